The number of nitrogens with one attached hydrogen (secondary N) is 1. The molecule has 2 aromatic rings. The first-order chi connectivity index (χ1) is 11.0. The third kappa shape index (κ3) is 4.88. The number of carbonyl (C=O) groups excluding carboxylic acids is 2. The molecule has 0 aliphatic rings. The van der Waals surface area contributed by atoms with Crippen LogP contribution in [-0.2, 0) is 16.1 Å². The summed E-state index contributed by atoms with van der Waals surface area (Å²) in [5, 5.41) is 2.56. The summed E-state index contributed by atoms with van der Waals surface area (Å²) in [5.74, 6) is -1.63. The molecular formula is C17H16F2N2O2. The molecule has 0 fully saturated rings. The van der Waals surface area contributed by atoms with Crippen molar-refractivity contribution in [3.63, 3.8) is 0 Å². The van der Waals surface area contributed by atoms with Gasteiger partial charge >= 0.3 is 0 Å². The monoisotopic (exact) mass is 318 g/mol. The first-order valence-corrected chi connectivity index (χ1v) is 7.00. The Labute approximate surface area is 132 Å². The van der Waals surface area contributed by atoms with Crippen molar-refractivity contribution in [3.05, 3.63) is 65.7 Å². The van der Waals surface area contributed by atoms with Crippen molar-refractivity contribution in [2.45, 2.75) is 13.5 Å². The topological polar surface area (TPSA) is 49.4 Å². The smallest absolute Gasteiger partial charge is 0.244 e. The number of hydrogen-bond donors (Lipinski definition) is 1. The largest absolute Gasteiger partial charge is 0.329 e. The van der Waals surface area contributed by atoms with Crippen molar-refractivity contribution >= 4 is 17.5 Å². The van der Waals surface area contributed by atoms with Gasteiger partial charge in [-0.3, -0.25) is 9.59 Å². The lowest BCUT2D eigenvalue weighted by atomic mass is 10.2. The first-order valence-electron chi connectivity index (χ1n) is 7.00. The van der Waals surface area contributed by atoms with Crippen LogP contribution in [0.25, 0.3) is 0 Å². The standard InChI is InChI=1S/C17H16F2N2O2/c1-12(22)21(10-13-4-2-3-5-16(13)19)11-17(23)20-15-8-6-14(18)7-9-15/h2-9H,10-11H2,1H3,(H,20,23). The van der Waals surface area contributed by atoms with Crippen LogP contribution in [0, 0.1) is 11.6 Å². The minimum atomic E-state index is -0.442. The Kier molecular flexibility index (Phi) is 5.41. The van der Waals surface area contributed by atoms with Gasteiger partial charge < -0.3 is 10.2 Å². The quantitative estimate of drug-likeness (QED) is 0.921. The van der Waals surface area contributed by atoms with Gasteiger partial charge in [-0.15, -0.1) is 0 Å². The Morgan fingerprint density at radius 1 is 1.04 bits per heavy atom. The van der Waals surface area contributed by atoms with Crippen LogP contribution >= 0.6 is 0 Å². The van der Waals surface area contributed by atoms with Gasteiger partial charge in [0.2, 0.25) is 11.8 Å². The number of carbonyl (C=O) groups is 2. The van der Waals surface area contributed by atoms with E-state index in [4.69, 9.17) is 0 Å². The van der Waals surface area contributed by atoms with Crippen LogP contribution in [0.1, 0.15) is 12.5 Å². The minimum Gasteiger partial charge on any atom is -0.329 e. The van der Waals surface area contributed by atoms with E-state index in [2.05, 4.69) is 5.32 Å². The molecule has 0 spiro atoms. The zero-order valence-corrected chi connectivity index (χ0v) is 12.6. The molecule has 0 bridgehead atoms. The molecule has 0 radical (unpaired) electrons. The average Bonchev–Trinajstić information content (AvgIpc) is 2.51. The highest BCUT2D eigenvalue weighted by atomic mass is 19.1. The molecule has 120 valence electrons. The molecule has 6 heteroatoms. The van der Waals surface area contributed by atoms with E-state index in [0.717, 1.165) is 0 Å². The van der Waals surface area contributed by atoms with Gasteiger partial charge in [0.05, 0.1) is 0 Å². The molecule has 4 nitrogen and oxygen atoms in total. The van der Waals surface area contributed by atoms with Crippen molar-refractivity contribution in [2.75, 3.05) is 11.9 Å². The van der Waals surface area contributed by atoms with Crippen LogP contribution in [0.3, 0.4) is 0 Å². The van der Waals surface area contributed by atoms with Crippen molar-refractivity contribution in [1.29, 1.82) is 0 Å². The number of amides is 2. The first kappa shape index (κ1) is 16.6. The Bertz CT molecular complexity index is 702. The molecule has 2 rings (SSSR count). The zero-order chi connectivity index (χ0) is 16.8. The molecule has 0 aliphatic heterocycles. The highest BCUT2D eigenvalue weighted by Gasteiger charge is 2.16. The second-order valence-electron chi connectivity index (χ2n) is 5.02. The molecule has 0 heterocycles. The summed E-state index contributed by atoms with van der Waals surface area (Å²) in [7, 11) is 0. The molecule has 0 saturated carbocycles. The third-order valence-electron chi connectivity index (χ3n) is 3.23. The number of halogens is 2. The predicted molar refractivity (Wildman–Crippen MR) is 82.5 cm³/mol. The SMILES string of the molecule is CC(=O)N(CC(=O)Nc1ccc(F)cc1)Cc1ccccc1F. The van der Waals surface area contributed by atoms with E-state index in [1.54, 1.807) is 18.2 Å². The summed E-state index contributed by atoms with van der Waals surface area (Å²) in [6.45, 7) is 1.09. The maximum Gasteiger partial charge on any atom is 0.244 e. The van der Waals surface area contributed by atoms with Gasteiger partial charge in [0.1, 0.15) is 18.2 Å². The fourth-order valence-electron chi connectivity index (χ4n) is 2.02. The van der Waals surface area contributed by atoms with Crippen LogP contribution in [0.5, 0.6) is 0 Å². The minimum absolute atomic E-state index is 0.00115. The van der Waals surface area contributed by atoms with Crippen LogP contribution in [0.4, 0.5) is 14.5 Å². The van der Waals surface area contributed by atoms with Crippen LogP contribution in [0.15, 0.2) is 48.5 Å². The zero-order valence-electron chi connectivity index (χ0n) is 12.6. The van der Waals surface area contributed by atoms with Gasteiger partial charge in [0, 0.05) is 24.7 Å². The van der Waals surface area contributed by atoms with Gasteiger partial charge in [-0.1, -0.05) is 18.2 Å². The summed E-state index contributed by atoms with van der Waals surface area (Å²) in [5.41, 5.74) is 0.753. The molecule has 0 aliphatic carbocycles. The Balaban J connectivity index is 2.01. The van der Waals surface area contributed by atoms with Crippen molar-refractivity contribution in [2.24, 2.45) is 0 Å². The molecule has 0 aromatic heterocycles. The van der Waals surface area contributed by atoms with E-state index in [0.29, 0.717) is 11.3 Å². The number of benzene rings is 2. The summed E-state index contributed by atoms with van der Waals surface area (Å²) in [4.78, 5) is 24.9. The van der Waals surface area contributed by atoms with E-state index >= 15 is 0 Å². The van der Waals surface area contributed by atoms with Gasteiger partial charge in [-0.05, 0) is 30.3 Å². The molecule has 2 aromatic carbocycles. The maximum absolute atomic E-state index is 13.7. The lowest BCUT2D eigenvalue weighted by Gasteiger charge is -2.21. The molecular weight excluding hydrogens is 302 g/mol. The number of hydrogen-bond acceptors (Lipinski definition) is 2. The average molecular weight is 318 g/mol. The van der Waals surface area contributed by atoms with Gasteiger partial charge in [0.25, 0.3) is 0 Å². The second-order valence-corrected chi connectivity index (χ2v) is 5.02. The molecule has 1 N–H and O–H groups in total. The van der Waals surface area contributed by atoms with E-state index < -0.39 is 17.5 Å². The highest BCUT2D eigenvalue weighted by Crippen LogP contribution is 2.11. The van der Waals surface area contributed by atoms with E-state index in [9.17, 15) is 18.4 Å². The molecule has 23 heavy (non-hydrogen) atoms. The Hall–Kier alpha value is -2.76. The Morgan fingerprint density at radius 3 is 2.30 bits per heavy atom. The fraction of sp³-hybridized carbons (Fsp3) is 0.176. The van der Waals surface area contributed by atoms with Crippen molar-refractivity contribution < 1.29 is 18.4 Å². The van der Waals surface area contributed by atoms with Gasteiger partial charge in [0.15, 0.2) is 0 Å². The van der Waals surface area contributed by atoms with E-state index in [-0.39, 0.29) is 19.0 Å². The highest BCUT2D eigenvalue weighted by molar-refractivity contribution is 5.94. The molecule has 0 saturated heterocycles. The summed E-state index contributed by atoms with van der Waals surface area (Å²) in [6.07, 6.45) is 0. The molecule has 0 unspecified atom stereocenters. The summed E-state index contributed by atoms with van der Waals surface area (Å²) < 4.78 is 26.5. The number of nitrogens with zero attached hydrogens (tertiary/aromatic N) is 1. The number of rotatable bonds is 5. The van der Waals surface area contributed by atoms with E-state index in [1.807, 2.05) is 0 Å². The second kappa shape index (κ2) is 7.49. The van der Waals surface area contributed by atoms with Gasteiger partial charge in [-0.25, -0.2) is 8.78 Å². The molecule has 0 atom stereocenters. The normalized spacial score (nSPS) is 10.2. The molecule has 2 amide bonds. The predicted octanol–water partition coefficient (Wildman–Crippen LogP) is 2.95. The lowest BCUT2D eigenvalue weighted by molar-refractivity contribution is -0.133. The van der Waals surface area contributed by atoms with Crippen LogP contribution < -0.4 is 5.32 Å². The fourth-order valence-corrected chi connectivity index (χ4v) is 2.02. The van der Waals surface area contributed by atoms with Crippen LogP contribution in [0.2, 0.25) is 0 Å². The van der Waals surface area contributed by atoms with E-state index in [1.165, 1.54) is 42.2 Å². The third-order valence-corrected chi connectivity index (χ3v) is 3.23. The van der Waals surface area contributed by atoms with Crippen molar-refractivity contribution in [1.82, 2.24) is 4.90 Å². The summed E-state index contributed by atoms with van der Waals surface area (Å²) in [6, 6.07) is 11.3. The lowest BCUT2D eigenvalue weighted by Crippen LogP contribution is -2.36. The van der Waals surface area contributed by atoms with Crippen LogP contribution in [-0.4, -0.2) is 23.3 Å². The maximum atomic E-state index is 13.7. The van der Waals surface area contributed by atoms with Gasteiger partial charge in [-0.2, -0.15) is 0 Å². The Morgan fingerprint density at radius 2 is 1.70 bits per heavy atom. The number of anilines is 1. The summed E-state index contributed by atoms with van der Waals surface area (Å²) >= 11 is 0. The van der Waals surface area contributed by atoms with Crippen molar-refractivity contribution in [3.8, 4) is 0 Å².